The molecule has 1 aromatic carbocycles. The maximum Gasteiger partial charge on any atom is 0.253 e. The third-order valence-corrected chi connectivity index (χ3v) is 5.68. The van der Waals surface area contributed by atoms with E-state index in [0.29, 0.717) is 57.1 Å². The number of morpholine rings is 1. The second-order valence-electron chi connectivity index (χ2n) is 7.44. The van der Waals surface area contributed by atoms with Crippen molar-refractivity contribution in [2.45, 2.75) is 12.5 Å². The van der Waals surface area contributed by atoms with Crippen molar-refractivity contribution in [2.24, 2.45) is 5.92 Å². The SMILES string of the molecule is N#Cc1ccc(C(=O)N2CC(N3CC(C(=O)N4CCOCC4)CC3=O)C2)cc1. The lowest BCUT2D eigenvalue weighted by atomic mass is 10.0. The summed E-state index contributed by atoms with van der Waals surface area (Å²) in [4.78, 5) is 42.8. The number of hydrogen-bond donors (Lipinski definition) is 0. The van der Waals surface area contributed by atoms with E-state index in [0.717, 1.165) is 0 Å². The first-order valence-electron chi connectivity index (χ1n) is 9.52. The average Bonchev–Trinajstić information content (AvgIpc) is 3.08. The van der Waals surface area contributed by atoms with Crippen molar-refractivity contribution >= 4 is 17.7 Å². The lowest BCUT2D eigenvalue weighted by molar-refractivity contribution is -0.139. The Morgan fingerprint density at radius 3 is 2.36 bits per heavy atom. The number of benzene rings is 1. The molecule has 8 heteroatoms. The van der Waals surface area contributed by atoms with Gasteiger partial charge in [0.05, 0.1) is 36.8 Å². The highest BCUT2D eigenvalue weighted by atomic mass is 16.5. The number of carbonyl (C=O) groups excluding carboxylic acids is 3. The normalized spacial score (nSPS) is 22.8. The molecule has 0 bridgehead atoms. The van der Waals surface area contributed by atoms with Gasteiger partial charge in [-0.1, -0.05) is 0 Å². The Bertz CT molecular complexity index is 820. The molecule has 3 aliphatic rings. The number of nitriles is 1. The fourth-order valence-electron chi connectivity index (χ4n) is 3.98. The standard InChI is InChI=1S/C20H22N4O4/c21-10-14-1-3-15(4-2-14)19(26)23-12-17(13-23)24-11-16(9-18(24)25)20(27)22-5-7-28-8-6-22/h1-4,16-17H,5-9,11-13H2. The fraction of sp³-hybridized carbons (Fsp3) is 0.500. The molecule has 4 rings (SSSR count). The summed E-state index contributed by atoms with van der Waals surface area (Å²) in [6, 6.07) is 8.53. The van der Waals surface area contributed by atoms with Gasteiger partial charge in [-0.2, -0.15) is 5.26 Å². The molecule has 3 saturated heterocycles. The lowest BCUT2D eigenvalue weighted by Gasteiger charge is -2.44. The van der Waals surface area contributed by atoms with Gasteiger partial charge in [-0.05, 0) is 24.3 Å². The molecule has 28 heavy (non-hydrogen) atoms. The van der Waals surface area contributed by atoms with Gasteiger partial charge in [-0.25, -0.2) is 0 Å². The van der Waals surface area contributed by atoms with Crippen LogP contribution in [-0.4, -0.2) is 84.4 Å². The number of carbonyl (C=O) groups is 3. The molecular weight excluding hydrogens is 360 g/mol. The monoisotopic (exact) mass is 382 g/mol. The van der Waals surface area contributed by atoms with Crippen LogP contribution in [0.1, 0.15) is 22.3 Å². The van der Waals surface area contributed by atoms with Crippen LogP contribution in [0.4, 0.5) is 0 Å². The maximum absolute atomic E-state index is 12.6. The molecule has 3 amide bonds. The van der Waals surface area contributed by atoms with Crippen molar-refractivity contribution in [3.8, 4) is 6.07 Å². The Kier molecular flexibility index (Phi) is 5.01. The highest BCUT2D eigenvalue weighted by Gasteiger charge is 2.44. The molecule has 3 fully saturated rings. The molecule has 0 aromatic heterocycles. The zero-order valence-corrected chi connectivity index (χ0v) is 15.5. The van der Waals surface area contributed by atoms with Gasteiger partial charge in [-0.15, -0.1) is 0 Å². The molecule has 1 atom stereocenters. The van der Waals surface area contributed by atoms with E-state index in [1.165, 1.54) is 0 Å². The van der Waals surface area contributed by atoms with Gasteiger partial charge in [0.15, 0.2) is 0 Å². The largest absolute Gasteiger partial charge is 0.378 e. The summed E-state index contributed by atoms with van der Waals surface area (Å²) in [5, 5.41) is 8.84. The topological polar surface area (TPSA) is 93.9 Å². The van der Waals surface area contributed by atoms with Gasteiger partial charge >= 0.3 is 0 Å². The summed E-state index contributed by atoms with van der Waals surface area (Å²) >= 11 is 0. The highest BCUT2D eigenvalue weighted by Crippen LogP contribution is 2.27. The van der Waals surface area contributed by atoms with Gasteiger partial charge in [0.2, 0.25) is 11.8 Å². The Balaban J connectivity index is 1.31. The Labute approximate surface area is 163 Å². The number of hydrogen-bond acceptors (Lipinski definition) is 5. The van der Waals surface area contributed by atoms with Crippen LogP contribution in [0.5, 0.6) is 0 Å². The molecule has 0 spiro atoms. The van der Waals surface area contributed by atoms with Crippen LogP contribution < -0.4 is 0 Å². The van der Waals surface area contributed by atoms with Gasteiger partial charge in [0.1, 0.15) is 0 Å². The molecule has 0 aliphatic carbocycles. The van der Waals surface area contributed by atoms with Crippen LogP contribution in [0.3, 0.4) is 0 Å². The van der Waals surface area contributed by atoms with Crippen molar-refractivity contribution in [3.63, 3.8) is 0 Å². The van der Waals surface area contributed by atoms with Crippen molar-refractivity contribution in [2.75, 3.05) is 45.9 Å². The van der Waals surface area contributed by atoms with Crippen molar-refractivity contribution in [1.29, 1.82) is 5.26 Å². The van der Waals surface area contributed by atoms with Gasteiger partial charge in [-0.3, -0.25) is 14.4 Å². The summed E-state index contributed by atoms with van der Waals surface area (Å²) in [7, 11) is 0. The van der Waals surface area contributed by atoms with Crippen LogP contribution in [0, 0.1) is 17.2 Å². The minimum atomic E-state index is -0.297. The van der Waals surface area contributed by atoms with Crippen LogP contribution in [-0.2, 0) is 14.3 Å². The fourth-order valence-corrected chi connectivity index (χ4v) is 3.98. The third kappa shape index (κ3) is 3.45. The van der Waals surface area contributed by atoms with Crippen LogP contribution in [0.15, 0.2) is 24.3 Å². The van der Waals surface area contributed by atoms with Gasteiger partial charge < -0.3 is 19.4 Å². The summed E-state index contributed by atoms with van der Waals surface area (Å²) in [6.07, 6.45) is 0.246. The zero-order chi connectivity index (χ0) is 19.7. The van der Waals surface area contributed by atoms with Crippen LogP contribution in [0.2, 0.25) is 0 Å². The van der Waals surface area contributed by atoms with E-state index < -0.39 is 0 Å². The molecule has 3 heterocycles. The van der Waals surface area contributed by atoms with E-state index in [9.17, 15) is 14.4 Å². The predicted molar refractivity (Wildman–Crippen MR) is 98.1 cm³/mol. The molecule has 0 saturated carbocycles. The first-order valence-corrected chi connectivity index (χ1v) is 9.52. The van der Waals surface area contributed by atoms with Crippen LogP contribution >= 0.6 is 0 Å². The maximum atomic E-state index is 12.6. The molecule has 0 N–H and O–H groups in total. The molecule has 1 aromatic rings. The Hall–Kier alpha value is -2.92. The molecule has 3 aliphatic heterocycles. The predicted octanol–water partition coefficient (Wildman–Crippen LogP) is 0.0900. The second-order valence-corrected chi connectivity index (χ2v) is 7.44. The van der Waals surface area contributed by atoms with E-state index in [-0.39, 0.29) is 36.1 Å². The van der Waals surface area contributed by atoms with E-state index in [4.69, 9.17) is 10.00 Å². The van der Waals surface area contributed by atoms with Crippen molar-refractivity contribution < 1.29 is 19.1 Å². The minimum absolute atomic E-state index is 0.0120. The smallest absolute Gasteiger partial charge is 0.253 e. The van der Waals surface area contributed by atoms with Crippen molar-refractivity contribution in [1.82, 2.24) is 14.7 Å². The van der Waals surface area contributed by atoms with Gasteiger partial charge in [0.25, 0.3) is 5.91 Å². The molecule has 8 nitrogen and oxygen atoms in total. The number of likely N-dealkylation sites (tertiary alicyclic amines) is 2. The Morgan fingerprint density at radius 1 is 1.04 bits per heavy atom. The van der Waals surface area contributed by atoms with Crippen LogP contribution in [0.25, 0.3) is 0 Å². The third-order valence-electron chi connectivity index (χ3n) is 5.68. The average molecular weight is 382 g/mol. The lowest BCUT2D eigenvalue weighted by Crippen LogP contribution is -2.61. The summed E-state index contributed by atoms with van der Waals surface area (Å²) in [5.41, 5.74) is 1.04. The van der Waals surface area contributed by atoms with E-state index in [1.807, 2.05) is 6.07 Å². The highest BCUT2D eigenvalue weighted by molar-refractivity contribution is 5.95. The number of amides is 3. The molecule has 146 valence electrons. The number of nitrogens with zero attached hydrogens (tertiary/aromatic N) is 4. The second kappa shape index (κ2) is 7.60. The Morgan fingerprint density at radius 2 is 1.71 bits per heavy atom. The minimum Gasteiger partial charge on any atom is -0.378 e. The molecule has 0 radical (unpaired) electrons. The quantitative estimate of drug-likeness (QED) is 0.739. The molecule has 1 unspecified atom stereocenters. The van der Waals surface area contributed by atoms with E-state index in [2.05, 4.69) is 0 Å². The number of rotatable bonds is 3. The first-order chi connectivity index (χ1) is 13.6. The van der Waals surface area contributed by atoms with Crippen molar-refractivity contribution in [3.05, 3.63) is 35.4 Å². The number of ether oxygens (including phenoxy) is 1. The summed E-state index contributed by atoms with van der Waals surface area (Å²) < 4.78 is 5.28. The van der Waals surface area contributed by atoms with E-state index in [1.54, 1.807) is 39.0 Å². The summed E-state index contributed by atoms with van der Waals surface area (Å²) in [5.74, 6) is -0.381. The zero-order valence-electron chi connectivity index (χ0n) is 15.5. The van der Waals surface area contributed by atoms with Gasteiger partial charge in [0, 0.05) is 44.7 Å². The molecular formula is C20H22N4O4. The first kappa shape index (κ1) is 18.4. The van der Waals surface area contributed by atoms with E-state index >= 15 is 0 Å². The summed E-state index contributed by atoms with van der Waals surface area (Å²) in [6.45, 7) is 3.64.